The van der Waals surface area contributed by atoms with Crippen molar-refractivity contribution < 1.29 is 4.74 Å². The molecule has 3 heteroatoms. The van der Waals surface area contributed by atoms with E-state index in [4.69, 9.17) is 4.74 Å². The van der Waals surface area contributed by atoms with Gasteiger partial charge in [0.1, 0.15) is 0 Å². The molecule has 0 aromatic heterocycles. The van der Waals surface area contributed by atoms with Crippen LogP contribution in [0.25, 0.3) is 0 Å². The molecular formula is C14H21NOS. The molecule has 1 fully saturated rings. The summed E-state index contributed by atoms with van der Waals surface area (Å²) in [7, 11) is 1.73. The molecule has 1 aliphatic heterocycles. The molecule has 1 aromatic rings. The first-order valence-electron chi connectivity index (χ1n) is 6.26. The number of benzene rings is 1. The van der Waals surface area contributed by atoms with E-state index in [-0.39, 0.29) is 0 Å². The van der Waals surface area contributed by atoms with Gasteiger partial charge in [-0.25, -0.2) is 0 Å². The van der Waals surface area contributed by atoms with Crippen LogP contribution in [0.1, 0.15) is 24.0 Å². The number of rotatable bonds is 5. The lowest BCUT2D eigenvalue weighted by molar-refractivity contribution is 0.185. The highest BCUT2D eigenvalue weighted by molar-refractivity contribution is 7.99. The maximum atomic E-state index is 5.10. The maximum absolute atomic E-state index is 5.10. The van der Waals surface area contributed by atoms with E-state index in [0.717, 1.165) is 6.54 Å². The Morgan fingerprint density at radius 2 is 2.06 bits per heavy atom. The van der Waals surface area contributed by atoms with Crippen LogP contribution in [-0.4, -0.2) is 24.7 Å². The predicted molar refractivity (Wildman–Crippen MR) is 74.3 cm³/mol. The van der Waals surface area contributed by atoms with Gasteiger partial charge in [-0.15, -0.1) is 0 Å². The van der Waals surface area contributed by atoms with Gasteiger partial charge in [-0.3, -0.25) is 0 Å². The largest absolute Gasteiger partial charge is 0.380 e. The molecule has 1 N–H and O–H groups in total. The Hall–Kier alpha value is -0.510. The van der Waals surface area contributed by atoms with Gasteiger partial charge < -0.3 is 10.1 Å². The predicted octanol–water partition coefficient (Wildman–Crippen LogP) is 2.82. The van der Waals surface area contributed by atoms with Crippen molar-refractivity contribution in [3.63, 3.8) is 0 Å². The highest BCUT2D eigenvalue weighted by Gasteiger charge is 2.12. The minimum absolute atomic E-state index is 0.701. The van der Waals surface area contributed by atoms with Crippen LogP contribution < -0.4 is 5.32 Å². The van der Waals surface area contributed by atoms with Crippen molar-refractivity contribution in [2.75, 3.05) is 18.6 Å². The first kappa shape index (κ1) is 12.9. The molecule has 0 aliphatic carbocycles. The Kier molecular flexibility index (Phi) is 5.36. The van der Waals surface area contributed by atoms with Crippen LogP contribution in [0.5, 0.6) is 0 Å². The van der Waals surface area contributed by atoms with E-state index in [1.165, 1.54) is 35.5 Å². The molecule has 1 aromatic carbocycles. The van der Waals surface area contributed by atoms with E-state index in [1.807, 2.05) is 0 Å². The summed E-state index contributed by atoms with van der Waals surface area (Å²) in [5.41, 5.74) is 2.60. The third-order valence-corrected chi connectivity index (χ3v) is 4.30. The second kappa shape index (κ2) is 7.04. The highest BCUT2D eigenvalue weighted by atomic mass is 32.2. The summed E-state index contributed by atoms with van der Waals surface area (Å²) in [4.78, 5) is 0. The van der Waals surface area contributed by atoms with Crippen molar-refractivity contribution in [1.29, 1.82) is 0 Å². The molecule has 0 radical (unpaired) electrons. The van der Waals surface area contributed by atoms with Crippen LogP contribution in [-0.2, 0) is 17.9 Å². The van der Waals surface area contributed by atoms with Gasteiger partial charge in [0.2, 0.25) is 0 Å². The Balaban J connectivity index is 1.77. The first-order valence-corrected chi connectivity index (χ1v) is 7.42. The molecule has 17 heavy (non-hydrogen) atoms. The van der Waals surface area contributed by atoms with Crippen molar-refractivity contribution in [3.05, 3.63) is 35.4 Å². The zero-order chi connectivity index (χ0) is 11.9. The van der Waals surface area contributed by atoms with Gasteiger partial charge in [0, 0.05) is 25.4 Å². The quantitative estimate of drug-likeness (QED) is 0.869. The maximum Gasteiger partial charge on any atom is 0.0713 e. The van der Waals surface area contributed by atoms with Crippen molar-refractivity contribution in [2.45, 2.75) is 32.0 Å². The second-order valence-electron chi connectivity index (χ2n) is 4.54. The fourth-order valence-corrected chi connectivity index (χ4v) is 3.19. The van der Waals surface area contributed by atoms with E-state index in [9.17, 15) is 0 Å². The zero-order valence-corrected chi connectivity index (χ0v) is 11.3. The standard InChI is InChI=1S/C14H21NOS/c1-16-10-13-6-4-12(5-7-13)9-15-14-3-2-8-17-11-14/h4-7,14-15H,2-3,8-11H2,1H3. The average Bonchev–Trinajstić information content (AvgIpc) is 2.40. The summed E-state index contributed by atoms with van der Waals surface area (Å²) < 4.78 is 5.10. The van der Waals surface area contributed by atoms with Gasteiger partial charge in [-0.1, -0.05) is 24.3 Å². The molecular weight excluding hydrogens is 230 g/mol. The van der Waals surface area contributed by atoms with E-state index >= 15 is 0 Å². The third kappa shape index (κ3) is 4.34. The van der Waals surface area contributed by atoms with Crippen LogP contribution in [0.3, 0.4) is 0 Å². The molecule has 94 valence electrons. The zero-order valence-electron chi connectivity index (χ0n) is 10.4. The molecule has 0 spiro atoms. The summed E-state index contributed by atoms with van der Waals surface area (Å²) in [6, 6.07) is 9.38. The molecule has 2 rings (SSSR count). The highest BCUT2D eigenvalue weighted by Crippen LogP contribution is 2.17. The summed E-state index contributed by atoms with van der Waals surface area (Å²) >= 11 is 2.07. The normalized spacial score (nSPS) is 20.4. The topological polar surface area (TPSA) is 21.3 Å². The van der Waals surface area contributed by atoms with E-state index in [0.29, 0.717) is 12.6 Å². The average molecular weight is 251 g/mol. The lowest BCUT2D eigenvalue weighted by Crippen LogP contribution is -2.33. The molecule has 2 nitrogen and oxygen atoms in total. The van der Waals surface area contributed by atoms with Crippen LogP contribution in [0.4, 0.5) is 0 Å². The number of methoxy groups -OCH3 is 1. The van der Waals surface area contributed by atoms with Gasteiger partial charge in [0.25, 0.3) is 0 Å². The van der Waals surface area contributed by atoms with Crippen LogP contribution in [0, 0.1) is 0 Å². The van der Waals surface area contributed by atoms with Crippen LogP contribution in [0.15, 0.2) is 24.3 Å². The van der Waals surface area contributed by atoms with Gasteiger partial charge in [0.05, 0.1) is 6.61 Å². The summed E-state index contributed by atoms with van der Waals surface area (Å²) in [5.74, 6) is 2.60. The Morgan fingerprint density at radius 1 is 1.29 bits per heavy atom. The van der Waals surface area contributed by atoms with Crippen LogP contribution >= 0.6 is 11.8 Å². The molecule has 1 aliphatic rings. The van der Waals surface area contributed by atoms with Crippen molar-refractivity contribution in [1.82, 2.24) is 5.32 Å². The monoisotopic (exact) mass is 251 g/mol. The number of nitrogens with one attached hydrogen (secondary N) is 1. The fourth-order valence-electron chi connectivity index (χ4n) is 2.08. The molecule has 1 unspecified atom stereocenters. The smallest absolute Gasteiger partial charge is 0.0713 e. The molecule has 1 atom stereocenters. The van der Waals surface area contributed by atoms with Crippen molar-refractivity contribution in [2.24, 2.45) is 0 Å². The molecule has 1 saturated heterocycles. The Labute approximate surface area is 108 Å². The second-order valence-corrected chi connectivity index (χ2v) is 5.69. The molecule has 0 saturated carbocycles. The van der Waals surface area contributed by atoms with Gasteiger partial charge in [-0.05, 0) is 29.7 Å². The lowest BCUT2D eigenvalue weighted by atomic mass is 10.1. The number of hydrogen-bond acceptors (Lipinski definition) is 3. The Bertz CT molecular complexity index is 319. The minimum atomic E-state index is 0.701. The summed E-state index contributed by atoms with van der Waals surface area (Å²) in [5, 5.41) is 3.64. The van der Waals surface area contributed by atoms with Gasteiger partial charge in [0.15, 0.2) is 0 Å². The van der Waals surface area contributed by atoms with E-state index < -0.39 is 0 Å². The molecule has 0 bridgehead atoms. The van der Waals surface area contributed by atoms with Crippen molar-refractivity contribution in [3.8, 4) is 0 Å². The number of hydrogen-bond donors (Lipinski definition) is 1. The molecule has 1 heterocycles. The summed E-state index contributed by atoms with van der Waals surface area (Å²) in [6.45, 7) is 1.69. The lowest BCUT2D eigenvalue weighted by Gasteiger charge is -2.22. The minimum Gasteiger partial charge on any atom is -0.380 e. The Morgan fingerprint density at radius 3 is 2.71 bits per heavy atom. The third-order valence-electron chi connectivity index (χ3n) is 3.09. The molecule has 0 amide bonds. The first-order chi connectivity index (χ1) is 8.38. The van der Waals surface area contributed by atoms with Crippen molar-refractivity contribution >= 4 is 11.8 Å². The van der Waals surface area contributed by atoms with Gasteiger partial charge >= 0.3 is 0 Å². The summed E-state index contributed by atoms with van der Waals surface area (Å²) in [6.07, 6.45) is 2.68. The van der Waals surface area contributed by atoms with Crippen LogP contribution in [0.2, 0.25) is 0 Å². The van der Waals surface area contributed by atoms with E-state index in [1.54, 1.807) is 7.11 Å². The fraction of sp³-hybridized carbons (Fsp3) is 0.571. The number of ether oxygens (including phenoxy) is 1. The van der Waals surface area contributed by atoms with Gasteiger partial charge in [-0.2, -0.15) is 11.8 Å². The SMILES string of the molecule is COCc1ccc(CNC2CCCSC2)cc1. The van der Waals surface area contributed by atoms with E-state index in [2.05, 4.69) is 41.3 Å². The number of thioether (sulfide) groups is 1.